The zero-order chi connectivity index (χ0) is 24.5. The number of benzene rings is 2. The van der Waals surface area contributed by atoms with Gasteiger partial charge in [-0.1, -0.05) is 82.7 Å². The first-order valence-corrected chi connectivity index (χ1v) is 12.5. The van der Waals surface area contributed by atoms with Crippen molar-refractivity contribution < 1.29 is 9.90 Å². The highest BCUT2D eigenvalue weighted by Crippen LogP contribution is 2.47. The maximum Gasteiger partial charge on any atom is 0.303 e. The number of hydrogen-bond donors (Lipinski definition) is 1. The van der Waals surface area contributed by atoms with Crippen molar-refractivity contribution in [2.24, 2.45) is 0 Å². The molecule has 34 heavy (non-hydrogen) atoms. The van der Waals surface area contributed by atoms with Gasteiger partial charge in [-0.05, 0) is 42.2 Å². The Balaban J connectivity index is 1.57. The van der Waals surface area contributed by atoms with E-state index in [1.807, 2.05) is 0 Å². The van der Waals surface area contributed by atoms with Gasteiger partial charge in [-0.25, -0.2) is 0 Å². The van der Waals surface area contributed by atoms with Crippen LogP contribution >= 0.6 is 0 Å². The molecule has 0 bridgehead atoms. The molecule has 0 spiro atoms. The largest absolute Gasteiger partial charge is 0.481 e. The molecule has 0 saturated heterocycles. The predicted octanol–water partition coefficient (Wildman–Crippen LogP) is 6.67. The summed E-state index contributed by atoms with van der Waals surface area (Å²) in [6.07, 6.45) is 9.81. The molecule has 2 aromatic rings. The summed E-state index contributed by atoms with van der Waals surface area (Å²) in [6, 6.07) is 17.6. The molecule has 1 atom stereocenters. The lowest BCUT2D eigenvalue weighted by atomic mass is 9.80. The molecule has 2 heterocycles. The van der Waals surface area contributed by atoms with Gasteiger partial charge in [-0.3, -0.25) is 4.79 Å². The second-order valence-corrected chi connectivity index (χ2v) is 10.7. The summed E-state index contributed by atoms with van der Waals surface area (Å²) in [6.45, 7) is 10.2. The Morgan fingerprint density at radius 2 is 1.59 bits per heavy atom. The summed E-state index contributed by atoms with van der Waals surface area (Å²) in [5.74, 6) is -0.705. The maximum atomic E-state index is 10.9. The fourth-order valence-corrected chi connectivity index (χ4v) is 5.86. The SMILES string of the molecule is CN1/C(=C/C=C/C2N(CCCCCC(=O)O)c3ccccc3C2(C)C)C(C)(C)c2ccccc21. The maximum absolute atomic E-state index is 10.9. The Bertz CT molecular complexity index is 1110. The van der Waals surface area contributed by atoms with Crippen LogP contribution in [0.15, 0.2) is 72.5 Å². The number of nitrogens with zero attached hydrogens (tertiary/aromatic N) is 2. The highest BCUT2D eigenvalue weighted by Gasteiger charge is 2.42. The molecule has 2 aliphatic rings. The van der Waals surface area contributed by atoms with Crippen LogP contribution in [0, 0.1) is 0 Å². The van der Waals surface area contributed by atoms with Gasteiger partial charge in [0.15, 0.2) is 0 Å². The van der Waals surface area contributed by atoms with Gasteiger partial charge >= 0.3 is 5.97 Å². The van der Waals surface area contributed by atoms with Gasteiger partial charge in [0.05, 0.1) is 6.04 Å². The third kappa shape index (κ3) is 4.26. The quantitative estimate of drug-likeness (QED) is 0.449. The van der Waals surface area contributed by atoms with Gasteiger partial charge in [-0.2, -0.15) is 0 Å². The summed E-state index contributed by atoms with van der Waals surface area (Å²) in [5.41, 5.74) is 6.60. The third-order valence-electron chi connectivity index (χ3n) is 7.76. The van der Waals surface area contributed by atoms with E-state index in [0.29, 0.717) is 0 Å². The fourth-order valence-electron chi connectivity index (χ4n) is 5.86. The molecule has 0 fully saturated rings. The molecule has 180 valence electrons. The summed E-state index contributed by atoms with van der Waals surface area (Å²) in [5, 5.41) is 8.94. The molecule has 4 rings (SSSR count). The number of para-hydroxylation sites is 2. The minimum atomic E-state index is -0.705. The average molecular weight is 459 g/mol. The zero-order valence-electron chi connectivity index (χ0n) is 21.2. The van der Waals surface area contributed by atoms with E-state index >= 15 is 0 Å². The topological polar surface area (TPSA) is 43.8 Å². The lowest BCUT2D eigenvalue weighted by Gasteiger charge is -2.32. The first kappa shape index (κ1) is 24.1. The molecule has 1 unspecified atom stereocenters. The van der Waals surface area contributed by atoms with Gasteiger partial charge in [0.25, 0.3) is 0 Å². The molecule has 4 heteroatoms. The van der Waals surface area contributed by atoms with Crippen LogP contribution in [0.4, 0.5) is 11.4 Å². The Labute approximate surface area is 204 Å². The number of anilines is 2. The number of carboxylic acids is 1. The predicted molar refractivity (Wildman–Crippen MR) is 142 cm³/mol. The third-order valence-corrected chi connectivity index (χ3v) is 7.76. The summed E-state index contributed by atoms with van der Waals surface area (Å²) < 4.78 is 0. The van der Waals surface area contributed by atoms with Crippen molar-refractivity contribution in [3.63, 3.8) is 0 Å². The first-order chi connectivity index (χ1) is 16.2. The number of likely N-dealkylation sites (N-methyl/N-ethyl adjacent to an activating group) is 1. The van der Waals surface area contributed by atoms with Gasteiger partial charge in [0.1, 0.15) is 0 Å². The van der Waals surface area contributed by atoms with E-state index < -0.39 is 5.97 Å². The van der Waals surface area contributed by atoms with Crippen LogP contribution in [0.1, 0.15) is 64.5 Å². The Morgan fingerprint density at radius 3 is 2.26 bits per heavy atom. The van der Waals surface area contributed by atoms with Crippen molar-refractivity contribution >= 4 is 17.3 Å². The summed E-state index contributed by atoms with van der Waals surface area (Å²) in [4.78, 5) is 15.7. The average Bonchev–Trinajstić information content (AvgIpc) is 3.13. The van der Waals surface area contributed by atoms with Gasteiger partial charge < -0.3 is 14.9 Å². The molecular formula is C30H38N2O2. The molecule has 2 aromatic carbocycles. The number of hydrogen-bond acceptors (Lipinski definition) is 3. The Kier molecular flexibility index (Phi) is 6.62. The molecule has 4 nitrogen and oxygen atoms in total. The van der Waals surface area contributed by atoms with E-state index in [1.54, 1.807) is 0 Å². The normalized spacial score (nSPS) is 21.3. The van der Waals surface area contributed by atoms with Crippen molar-refractivity contribution in [3.05, 3.63) is 83.6 Å². The Hall–Kier alpha value is -3.01. The van der Waals surface area contributed by atoms with Crippen LogP contribution in [0.25, 0.3) is 0 Å². The van der Waals surface area contributed by atoms with Gasteiger partial charge in [0, 0.05) is 47.9 Å². The van der Waals surface area contributed by atoms with Crippen molar-refractivity contribution in [2.45, 2.75) is 70.3 Å². The molecule has 1 N–H and O–H groups in total. The minimum absolute atomic E-state index is 0.00722. The van der Waals surface area contributed by atoms with Crippen molar-refractivity contribution in [1.82, 2.24) is 0 Å². The highest BCUT2D eigenvalue weighted by molar-refractivity contribution is 5.70. The monoisotopic (exact) mass is 458 g/mol. The highest BCUT2D eigenvalue weighted by atomic mass is 16.4. The van der Waals surface area contributed by atoms with Crippen LogP contribution in [0.3, 0.4) is 0 Å². The van der Waals surface area contributed by atoms with E-state index in [0.717, 1.165) is 25.8 Å². The van der Waals surface area contributed by atoms with Crippen LogP contribution in [-0.2, 0) is 15.6 Å². The van der Waals surface area contributed by atoms with Crippen molar-refractivity contribution in [3.8, 4) is 0 Å². The molecule has 0 aliphatic carbocycles. The molecule has 2 aliphatic heterocycles. The van der Waals surface area contributed by atoms with E-state index in [4.69, 9.17) is 5.11 Å². The zero-order valence-corrected chi connectivity index (χ0v) is 21.2. The van der Waals surface area contributed by atoms with E-state index in [1.165, 1.54) is 28.2 Å². The Morgan fingerprint density at radius 1 is 0.941 bits per heavy atom. The molecule has 0 radical (unpaired) electrons. The lowest BCUT2D eigenvalue weighted by Crippen LogP contribution is -2.40. The number of carboxylic acid groups (broad SMARTS) is 1. The number of aliphatic carboxylic acids is 1. The molecule has 0 saturated carbocycles. The van der Waals surface area contributed by atoms with Crippen LogP contribution < -0.4 is 9.80 Å². The number of allylic oxidation sites excluding steroid dienone is 3. The van der Waals surface area contributed by atoms with Gasteiger partial charge in [-0.15, -0.1) is 0 Å². The summed E-state index contributed by atoms with van der Waals surface area (Å²) >= 11 is 0. The summed E-state index contributed by atoms with van der Waals surface area (Å²) in [7, 11) is 2.16. The smallest absolute Gasteiger partial charge is 0.303 e. The van der Waals surface area contributed by atoms with E-state index in [2.05, 4.69) is 111 Å². The first-order valence-electron chi connectivity index (χ1n) is 12.5. The van der Waals surface area contributed by atoms with Crippen molar-refractivity contribution in [2.75, 3.05) is 23.4 Å². The number of fused-ring (bicyclic) bond motifs is 2. The standard InChI is InChI=1S/C30H38N2O2/c1-29(2)22-14-8-10-16-24(22)31(5)26(29)18-13-19-27-30(3,4)23-15-9-11-17-25(23)32(27)21-12-6-7-20-28(33)34/h8-11,13-19,27H,6-7,12,20-21H2,1-5H3,(H,33,34)/b19-13+,26-18+. The molecular weight excluding hydrogens is 420 g/mol. The molecule has 0 amide bonds. The van der Waals surface area contributed by atoms with Crippen LogP contribution in [0.2, 0.25) is 0 Å². The lowest BCUT2D eigenvalue weighted by molar-refractivity contribution is -0.137. The van der Waals surface area contributed by atoms with Crippen LogP contribution in [0.5, 0.6) is 0 Å². The number of rotatable bonds is 8. The second-order valence-electron chi connectivity index (χ2n) is 10.7. The van der Waals surface area contributed by atoms with Gasteiger partial charge in [0.2, 0.25) is 0 Å². The number of carbonyl (C=O) groups is 1. The van der Waals surface area contributed by atoms with Crippen LogP contribution in [-0.4, -0.2) is 30.7 Å². The molecule has 0 aromatic heterocycles. The number of unbranched alkanes of at least 4 members (excludes halogenated alkanes) is 2. The second kappa shape index (κ2) is 9.32. The van der Waals surface area contributed by atoms with Crippen molar-refractivity contribution in [1.29, 1.82) is 0 Å². The minimum Gasteiger partial charge on any atom is -0.481 e. The van der Waals surface area contributed by atoms with E-state index in [-0.39, 0.29) is 23.3 Å². The fraction of sp³-hybridized carbons (Fsp3) is 0.433. The van der Waals surface area contributed by atoms with E-state index in [9.17, 15) is 4.79 Å².